The second-order valence-corrected chi connectivity index (χ2v) is 6.63. The van der Waals surface area contributed by atoms with Crippen molar-refractivity contribution >= 4 is 29.0 Å². The van der Waals surface area contributed by atoms with Crippen molar-refractivity contribution in [1.29, 1.82) is 10.5 Å². The van der Waals surface area contributed by atoms with Gasteiger partial charge in [-0.05, 0) is 35.9 Å². The predicted molar refractivity (Wildman–Crippen MR) is 105 cm³/mol. The predicted octanol–water partition coefficient (Wildman–Crippen LogP) is 1.71. The molecule has 0 fully saturated rings. The van der Waals surface area contributed by atoms with Crippen LogP contribution in [-0.2, 0) is 4.74 Å². The van der Waals surface area contributed by atoms with Crippen LogP contribution < -0.4 is 14.8 Å². The fourth-order valence-corrected chi connectivity index (χ4v) is 3.62. The van der Waals surface area contributed by atoms with E-state index in [1.165, 1.54) is 11.7 Å². The van der Waals surface area contributed by atoms with E-state index in [-0.39, 0.29) is 15.8 Å². The second kappa shape index (κ2) is 8.17. The van der Waals surface area contributed by atoms with Gasteiger partial charge in [0.1, 0.15) is 16.8 Å². The largest absolute Gasteiger partial charge is 0.465 e. The molecule has 0 N–H and O–H groups in total. The second-order valence-electron chi connectivity index (χ2n) is 5.60. The monoisotopic (exact) mass is 387 g/mol. The lowest BCUT2D eigenvalue weighted by molar-refractivity contribution is 0.0600. The van der Waals surface area contributed by atoms with Gasteiger partial charge >= 0.3 is 5.97 Å². The molecule has 2 aromatic carbocycles. The van der Waals surface area contributed by atoms with Gasteiger partial charge in [-0.2, -0.15) is 10.5 Å². The highest BCUT2D eigenvalue weighted by Gasteiger charge is 2.11. The number of carbonyl (C=O) groups excluding carboxylic acids is 1. The summed E-state index contributed by atoms with van der Waals surface area (Å²) >= 11 is 1.07. The molecule has 136 valence electrons. The summed E-state index contributed by atoms with van der Waals surface area (Å²) in [5.41, 5.74) is 1.21. The van der Waals surface area contributed by atoms with Crippen molar-refractivity contribution in [2.45, 2.75) is 0 Å². The number of para-hydroxylation sites is 1. The van der Waals surface area contributed by atoms with Crippen molar-refractivity contribution in [3.8, 4) is 17.8 Å². The topological polar surface area (TPSA) is 95.9 Å². The SMILES string of the molecule is COC(=O)c1ccc(/C=c2\sc(=C(C#N)C#N)n(-c3ccccc3)c2=O)cc1. The van der Waals surface area contributed by atoms with Gasteiger partial charge in [-0.25, -0.2) is 4.79 Å². The average molecular weight is 387 g/mol. The van der Waals surface area contributed by atoms with E-state index in [9.17, 15) is 20.1 Å². The Morgan fingerprint density at radius 2 is 1.71 bits per heavy atom. The first-order chi connectivity index (χ1) is 13.6. The Morgan fingerprint density at radius 3 is 2.29 bits per heavy atom. The van der Waals surface area contributed by atoms with E-state index < -0.39 is 5.97 Å². The number of rotatable bonds is 3. The maximum atomic E-state index is 13.0. The van der Waals surface area contributed by atoms with Crippen LogP contribution in [0.1, 0.15) is 15.9 Å². The fourth-order valence-electron chi connectivity index (χ4n) is 2.57. The molecule has 0 radical (unpaired) electrons. The highest BCUT2D eigenvalue weighted by molar-refractivity contribution is 7.07. The Balaban J connectivity index is 2.25. The molecule has 0 amide bonds. The number of esters is 1. The molecule has 3 rings (SSSR count). The van der Waals surface area contributed by atoms with Gasteiger partial charge in [0.05, 0.1) is 22.9 Å². The van der Waals surface area contributed by atoms with Crippen LogP contribution in [0.3, 0.4) is 0 Å². The number of thiazole rings is 1. The van der Waals surface area contributed by atoms with Gasteiger partial charge in [0.2, 0.25) is 0 Å². The number of nitriles is 2. The summed E-state index contributed by atoms with van der Waals surface area (Å²) in [4.78, 5) is 24.5. The first-order valence-corrected chi connectivity index (χ1v) is 8.92. The maximum Gasteiger partial charge on any atom is 0.337 e. The van der Waals surface area contributed by atoms with Gasteiger partial charge in [0, 0.05) is 0 Å². The van der Waals surface area contributed by atoms with Crippen molar-refractivity contribution in [2.24, 2.45) is 0 Å². The molecule has 0 aliphatic rings. The molecule has 0 saturated heterocycles. The lowest BCUT2D eigenvalue weighted by Crippen LogP contribution is -2.30. The zero-order valence-corrected chi connectivity index (χ0v) is 15.6. The molecule has 0 unspecified atom stereocenters. The molecule has 1 heterocycles. The van der Waals surface area contributed by atoms with Gasteiger partial charge in [-0.15, -0.1) is 11.3 Å². The molecule has 3 aromatic rings. The van der Waals surface area contributed by atoms with Crippen molar-refractivity contribution in [3.63, 3.8) is 0 Å². The Hall–Kier alpha value is -3.94. The number of methoxy groups -OCH3 is 1. The lowest BCUT2D eigenvalue weighted by atomic mass is 10.1. The van der Waals surface area contributed by atoms with Gasteiger partial charge in [-0.1, -0.05) is 30.3 Å². The smallest absolute Gasteiger partial charge is 0.337 e. The third kappa shape index (κ3) is 3.61. The van der Waals surface area contributed by atoms with Gasteiger partial charge in [0.25, 0.3) is 5.56 Å². The molecule has 0 atom stereocenters. The highest BCUT2D eigenvalue weighted by atomic mass is 32.1. The Bertz CT molecular complexity index is 1270. The molecule has 1 aromatic heterocycles. The summed E-state index contributed by atoms with van der Waals surface area (Å²) in [7, 11) is 1.31. The van der Waals surface area contributed by atoms with Crippen molar-refractivity contribution in [3.05, 3.63) is 85.3 Å². The van der Waals surface area contributed by atoms with Crippen LogP contribution in [0.25, 0.3) is 17.3 Å². The number of aromatic nitrogens is 1. The molecule has 0 aliphatic carbocycles. The molecular weight excluding hydrogens is 374 g/mol. The molecule has 7 heteroatoms. The normalized spacial score (nSPS) is 10.8. The van der Waals surface area contributed by atoms with Crippen molar-refractivity contribution in [1.82, 2.24) is 4.57 Å². The molecule has 0 spiro atoms. The van der Waals surface area contributed by atoms with Crippen molar-refractivity contribution in [2.75, 3.05) is 7.11 Å². The van der Waals surface area contributed by atoms with E-state index in [0.29, 0.717) is 21.3 Å². The van der Waals surface area contributed by atoms with E-state index in [1.54, 1.807) is 54.6 Å². The molecule has 0 aliphatic heterocycles. The molecule has 0 saturated carbocycles. The van der Waals surface area contributed by atoms with E-state index in [1.807, 2.05) is 18.2 Å². The van der Waals surface area contributed by atoms with Crippen LogP contribution in [-0.4, -0.2) is 17.6 Å². The van der Waals surface area contributed by atoms with E-state index in [2.05, 4.69) is 4.74 Å². The summed E-state index contributed by atoms with van der Waals surface area (Å²) in [5, 5.41) is 18.5. The molecular formula is C21H13N3O3S. The number of hydrogen-bond acceptors (Lipinski definition) is 6. The number of nitrogens with zero attached hydrogens (tertiary/aromatic N) is 3. The van der Waals surface area contributed by atoms with E-state index in [4.69, 9.17) is 0 Å². The summed E-state index contributed by atoms with van der Waals surface area (Å²) in [6, 6.07) is 19.1. The van der Waals surface area contributed by atoms with Gasteiger partial charge < -0.3 is 4.74 Å². The summed E-state index contributed by atoms with van der Waals surface area (Å²) in [6.07, 6.45) is 1.66. The molecule has 0 bridgehead atoms. The van der Waals surface area contributed by atoms with Crippen LogP contribution in [0.2, 0.25) is 0 Å². The van der Waals surface area contributed by atoms with Crippen molar-refractivity contribution < 1.29 is 9.53 Å². The average Bonchev–Trinajstić information content (AvgIpc) is 3.05. The Kier molecular flexibility index (Phi) is 5.50. The number of ether oxygens (including phenoxy) is 1. The molecule has 6 nitrogen and oxygen atoms in total. The minimum Gasteiger partial charge on any atom is -0.465 e. The summed E-state index contributed by atoms with van der Waals surface area (Å²) in [5.74, 6) is -0.446. The maximum absolute atomic E-state index is 13.0. The lowest BCUT2D eigenvalue weighted by Gasteiger charge is -2.00. The van der Waals surface area contributed by atoms with Gasteiger partial charge in [0.15, 0.2) is 5.57 Å². The van der Waals surface area contributed by atoms with Gasteiger partial charge in [-0.3, -0.25) is 9.36 Å². The van der Waals surface area contributed by atoms with Crippen LogP contribution in [0.15, 0.2) is 59.4 Å². The standard InChI is InChI=1S/C21H13N3O3S/c1-27-21(26)15-9-7-14(8-10-15)11-18-19(25)24(17-5-3-2-4-6-17)20(28-18)16(12-22)13-23/h2-11H,1H3/b18-11-. The zero-order chi connectivity index (χ0) is 20.1. The number of carbonyl (C=O) groups is 1. The van der Waals surface area contributed by atoms with E-state index in [0.717, 1.165) is 11.3 Å². The van der Waals surface area contributed by atoms with E-state index >= 15 is 0 Å². The third-order valence-corrected chi connectivity index (χ3v) is 5.00. The molecule has 28 heavy (non-hydrogen) atoms. The Morgan fingerprint density at radius 1 is 1.07 bits per heavy atom. The minimum atomic E-state index is -0.446. The third-order valence-electron chi connectivity index (χ3n) is 3.91. The fraction of sp³-hybridized carbons (Fsp3) is 0.0476. The van der Waals surface area contributed by atoms with Crippen LogP contribution in [0.4, 0.5) is 0 Å². The minimum absolute atomic E-state index is 0.133. The zero-order valence-electron chi connectivity index (χ0n) is 14.7. The first kappa shape index (κ1) is 18.8. The number of hydrogen-bond donors (Lipinski definition) is 0. The van der Waals surface area contributed by atoms with Crippen LogP contribution in [0.5, 0.6) is 0 Å². The van der Waals surface area contributed by atoms with Crippen LogP contribution in [0, 0.1) is 22.7 Å². The quantitative estimate of drug-likeness (QED) is 0.638. The summed E-state index contributed by atoms with van der Waals surface area (Å²) in [6.45, 7) is 0. The highest BCUT2D eigenvalue weighted by Crippen LogP contribution is 2.07. The van der Waals surface area contributed by atoms with Crippen LogP contribution >= 0.6 is 11.3 Å². The Labute approximate surface area is 164 Å². The summed E-state index contributed by atoms with van der Waals surface area (Å²) < 4.78 is 6.68. The first-order valence-electron chi connectivity index (χ1n) is 8.11. The number of benzene rings is 2.